The van der Waals surface area contributed by atoms with Crippen LogP contribution in [0.15, 0.2) is 48.7 Å². The fraction of sp³-hybridized carbons (Fsp3) is 0.227. The Labute approximate surface area is 187 Å². The third-order valence-corrected chi connectivity index (χ3v) is 6.16. The molecule has 32 heavy (non-hydrogen) atoms. The van der Waals surface area contributed by atoms with Gasteiger partial charge in [-0.3, -0.25) is 4.68 Å². The van der Waals surface area contributed by atoms with Crippen molar-refractivity contribution in [2.45, 2.75) is 19.6 Å². The number of nitrogens with two attached hydrogens (primary N) is 1. The first-order valence-corrected chi connectivity index (χ1v) is 11.7. The summed E-state index contributed by atoms with van der Waals surface area (Å²) in [4.78, 5) is 10.9. The third-order valence-electron chi connectivity index (χ3n) is 5.45. The van der Waals surface area contributed by atoms with E-state index < -0.39 is 10.0 Å². The van der Waals surface area contributed by atoms with Gasteiger partial charge in [0.25, 0.3) is 0 Å². The molecular weight excluding hydrogens is 426 g/mol. The van der Waals surface area contributed by atoms with Crippen molar-refractivity contribution in [3.05, 3.63) is 65.5 Å². The average Bonchev–Trinajstić information content (AvgIpc) is 3.02. The highest BCUT2D eigenvalue weighted by molar-refractivity contribution is 7.88. The van der Waals surface area contributed by atoms with Crippen molar-refractivity contribution >= 4 is 44.1 Å². The van der Waals surface area contributed by atoms with Crippen LogP contribution in [0.1, 0.15) is 16.8 Å². The van der Waals surface area contributed by atoms with E-state index in [0.717, 1.165) is 27.8 Å². The summed E-state index contributed by atoms with van der Waals surface area (Å²) in [5.41, 5.74) is 5.14. The number of primary sulfonamides is 1. The zero-order valence-corrected chi connectivity index (χ0v) is 19.2. The SMILES string of the molecule is Cc1ccc(Nc2nccc(N(C)c3ccc4c(C)n(C)nc4c3)n2)cc1CS(N)(=O)=O. The monoisotopic (exact) mass is 451 g/mol. The lowest BCUT2D eigenvalue weighted by atomic mass is 10.1. The molecule has 166 valence electrons. The van der Waals surface area contributed by atoms with Crippen LogP contribution in [0.25, 0.3) is 10.9 Å². The summed E-state index contributed by atoms with van der Waals surface area (Å²) in [5.74, 6) is 0.869. The molecule has 0 saturated carbocycles. The van der Waals surface area contributed by atoms with Gasteiger partial charge in [-0.15, -0.1) is 0 Å². The van der Waals surface area contributed by atoms with Gasteiger partial charge in [0.1, 0.15) is 5.82 Å². The summed E-state index contributed by atoms with van der Waals surface area (Å²) < 4.78 is 24.9. The minimum absolute atomic E-state index is 0.229. The number of aromatic nitrogens is 4. The van der Waals surface area contributed by atoms with Gasteiger partial charge in [0.05, 0.1) is 11.3 Å². The molecule has 0 fully saturated rings. The molecule has 4 rings (SSSR count). The summed E-state index contributed by atoms with van der Waals surface area (Å²) in [6.07, 6.45) is 1.67. The molecular formula is C22H25N7O2S. The van der Waals surface area contributed by atoms with E-state index in [1.807, 2.05) is 67.9 Å². The Balaban J connectivity index is 1.59. The van der Waals surface area contributed by atoms with Crippen LogP contribution in [0.5, 0.6) is 0 Å². The second kappa shape index (κ2) is 8.21. The van der Waals surface area contributed by atoms with Crippen LogP contribution < -0.4 is 15.4 Å². The second-order valence-corrected chi connectivity index (χ2v) is 9.40. The number of hydrogen-bond donors (Lipinski definition) is 2. The topological polar surface area (TPSA) is 119 Å². The summed E-state index contributed by atoms with van der Waals surface area (Å²) in [5, 5.41) is 14.0. The first-order valence-electron chi connectivity index (χ1n) is 9.98. The molecule has 4 aromatic rings. The Morgan fingerprint density at radius 3 is 2.66 bits per heavy atom. The predicted octanol–water partition coefficient (Wildman–Crippen LogP) is 3.28. The summed E-state index contributed by atoms with van der Waals surface area (Å²) in [6, 6.07) is 13.4. The molecule has 0 atom stereocenters. The fourth-order valence-corrected chi connectivity index (χ4v) is 4.25. The number of fused-ring (bicyclic) bond motifs is 1. The minimum atomic E-state index is -3.63. The molecule has 0 spiro atoms. The molecule has 0 unspecified atom stereocenters. The van der Waals surface area contributed by atoms with Gasteiger partial charge in [-0.25, -0.2) is 18.5 Å². The lowest BCUT2D eigenvalue weighted by molar-refractivity contribution is 0.597. The molecule has 10 heteroatoms. The Bertz CT molecular complexity index is 1410. The Hall–Kier alpha value is -3.50. The molecule has 3 N–H and O–H groups in total. The summed E-state index contributed by atoms with van der Waals surface area (Å²) in [6.45, 7) is 3.89. The standard InChI is InChI=1S/C22H25N7O2S/c1-14-5-6-17(11-16(14)13-32(23,30)31)25-22-24-10-9-21(26-22)28(3)18-7-8-19-15(2)29(4)27-20(19)12-18/h5-12H,13H2,1-4H3,(H2,23,30,31)(H,24,25,26). The van der Waals surface area contributed by atoms with Crippen molar-refractivity contribution in [2.24, 2.45) is 12.2 Å². The number of hydrogen-bond acceptors (Lipinski definition) is 7. The number of anilines is 4. The Kier molecular flexibility index (Phi) is 5.57. The van der Waals surface area contributed by atoms with Crippen LogP contribution >= 0.6 is 0 Å². The fourth-order valence-electron chi connectivity index (χ4n) is 3.51. The van der Waals surface area contributed by atoms with Crippen LogP contribution in [0.4, 0.5) is 23.1 Å². The maximum atomic E-state index is 11.5. The first-order chi connectivity index (χ1) is 15.1. The van der Waals surface area contributed by atoms with Gasteiger partial charge in [-0.2, -0.15) is 10.1 Å². The number of nitrogens with zero attached hydrogens (tertiary/aromatic N) is 5. The maximum Gasteiger partial charge on any atom is 0.229 e. The van der Waals surface area contributed by atoms with Gasteiger partial charge in [0.2, 0.25) is 16.0 Å². The van der Waals surface area contributed by atoms with Gasteiger partial charge >= 0.3 is 0 Å². The van der Waals surface area contributed by atoms with Gasteiger partial charge in [0.15, 0.2) is 0 Å². The molecule has 2 aromatic carbocycles. The first kappa shape index (κ1) is 21.7. The average molecular weight is 452 g/mol. The van der Waals surface area contributed by atoms with Gasteiger partial charge < -0.3 is 10.2 Å². The Morgan fingerprint density at radius 2 is 1.91 bits per heavy atom. The number of sulfonamides is 1. The molecule has 2 aromatic heterocycles. The normalized spacial score (nSPS) is 11.7. The van der Waals surface area contributed by atoms with E-state index in [1.165, 1.54) is 0 Å². The van der Waals surface area contributed by atoms with Crippen LogP contribution in [0, 0.1) is 13.8 Å². The van der Waals surface area contributed by atoms with E-state index >= 15 is 0 Å². The van der Waals surface area contributed by atoms with Crippen molar-refractivity contribution in [2.75, 3.05) is 17.3 Å². The summed E-state index contributed by atoms with van der Waals surface area (Å²) in [7, 11) is 0.234. The van der Waals surface area contributed by atoms with Crippen LogP contribution in [-0.2, 0) is 22.8 Å². The largest absolute Gasteiger partial charge is 0.329 e. The lowest BCUT2D eigenvalue weighted by Gasteiger charge is -2.19. The van der Waals surface area contributed by atoms with E-state index in [1.54, 1.807) is 12.3 Å². The number of benzene rings is 2. The molecule has 9 nitrogen and oxygen atoms in total. The maximum absolute atomic E-state index is 11.5. The van der Waals surface area contributed by atoms with Crippen molar-refractivity contribution in [3.8, 4) is 0 Å². The van der Waals surface area contributed by atoms with Crippen molar-refractivity contribution in [3.63, 3.8) is 0 Å². The van der Waals surface area contributed by atoms with Crippen molar-refractivity contribution in [1.29, 1.82) is 0 Å². The van der Waals surface area contributed by atoms with Crippen LogP contribution in [0.3, 0.4) is 0 Å². The number of aryl methyl sites for hydroxylation is 3. The minimum Gasteiger partial charge on any atom is -0.329 e. The van der Waals surface area contributed by atoms with E-state index in [0.29, 0.717) is 23.0 Å². The molecule has 0 radical (unpaired) electrons. The molecule has 0 aliphatic carbocycles. The Morgan fingerprint density at radius 1 is 1.12 bits per heavy atom. The molecule has 0 aliphatic rings. The van der Waals surface area contributed by atoms with Gasteiger partial charge in [-0.1, -0.05) is 6.07 Å². The number of rotatable bonds is 6. The van der Waals surface area contributed by atoms with Crippen LogP contribution in [-0.4, -0.2) is 35.2 Å². The third kappa shape index (κ3) is 4.56. The van der Waals surface area contributed by atoms with Crippen molar-refractivity contribution in [1.82, 2.24) is 19.7 Å². The van der Waals surface area contributed by atoms with E-state index in [4.69, 9.17) is 5.14 Å². The predicted molar refractivity (Wildman–Crippen MR) is 127 cm³/mol. The highest BCUT2D eigenvalue weighted by atomic mass is 32.2. The molecule has 2 heterocycles. The second-order valence-electron chi connectivity index (χ2n) is 7.78. The van der Waals surface area contributed by atoms with E-state index in [-0.39, 0.29) is 5.75 Å². The quantitative estimate of drug-likeness (QED) is 0.462. The highest BCUT2D eigenvalue weighted by Gasteiger charge is 2.12. The molecule has 0 amide bonds. The van der Waals surface area contributed by atoms with Gasteiger partial charge in [-0.05, 0) is 61.4 Å². The summed E-state index contributed by atoms with van der Waals surface area (Å²) >= 11 is 0. The highest BCUT2D eigenvalue weighted by Crippen LogP contribution is 2.28. The molecule has 0 aliphatic heterocycles. The van der Waals surface area contributed by atoms with E-state index in [9.17, 15) is 8.42 Å². The van der Waals surface area contributed by atoms with Crippen LogP contribution in [0.2, 0.25) is 0 Å². The lowest BCUT2D eigenvalue weighted by Crippen LogP contribution is -2.15. The smallest absolute Gasteiger partial charge is 0.229 e. The molecule has 0 saturated heterocycles. The van der Waals surface area contributed by atoms with Crippen molar-refractivity contribution < 1.29 is 8.42 Å². The van der Waals surface area contributed by atoms with Gasteiger partial charge in [0, 0.05) is 42.7 Å². The zero-order chi connectivity index (χ0) is 23.0. The number of nitrogens with one attached hydrogen (secondary N) is 1. The zero-order valence-electron chi connectivity index (χ0n) is 18.4. The molecule has 0 bridgehead atoms. The van der Waals surface area contributed by atoms with E-state index in [2.05, 4.69) is 26.4 Å².